The Morgan fingerprint density at radius 3 is 2.48 bits per heavy atom. The van der Waals surface area contributed by atoms with E-state index < -0.39 is 23.0 Å². The van der Waals surface area contributed by atoms with Gasteiger partial charge in [-0.25, -0.2) is 0 Å². The zero-order valence-electron chi connectivity index (χ0n) is 12.3. The number of aliphatic carboxylic acids is 1. The molecular formula is C15H20N2O4. The molecule has 1 saturated carbocycles. The molecule has 3 N–H and O–H groups in total. The molecule has 2 rings (SSSR count). The van der Waals surface area contributed by atoms with Gasteiger partial charge in [0.05, 0.1) is 12.0 Å². The van der Waals surface area contributed by atoms with Crippen LogP contribution in [0.5, 0.6) is 0 Å². The number of aromatic amines is 1. The number of H-pyrrole nitrogens is 1. The third-order valence-electron chi connectivity index (χ3n) is 4.02. The largest absolute Gasteiger partial charge is 0.481 e. The molecule has 21 heavy (non-hydrogen) atoms. The summed E-state index contributed by atoms with van der Waals surface area (Å²) in [6.45, 7) is 3.45. The summed E-state index contributed by atoms with van der Waals surface area (Å²) >= 11 is 0. The van der Waals surface area contributed by atoms with Gasteiger partial charge in [-0.05, 0) is 38.3 Å². The minimum atomic E-state index is -0.938. The lowest BCUT2D eigenvalue weighted by Crippen LogP contribution is -2.49. The van der Waals surface area contributed by atoms with Crippen molar-refractivity contribution >= 4 is 11.9 Å². The van der Waals surface area contributed by atoms with Crippen LogP contribution in [-0.4, -0.2) is 27.5 Å². The maximum Gasteiger partial charge on any atom is 0.305 e. The summed E-state index contributed by atoms with van der Waals surface area (Å²) in [5.74, 6) is -1.43. The second-order valence-corrected chi connectivity index (χ2v) is 5.85. The first-order valence-electron chi connectivity index (χ1n) is 7.08. The lowest BCUT2D eigenvalue weighted by Gasteiger charge is -2.28. The number of carboxylic acid groups (broad SMARTS) is 1. The monoisotopic (exact) mass is 292 g/mol. The average Bonchev–Trinajstić information content (AvgIpc) is 2.74. The third-order valence-corrected chi connectivity index (χ3v) is 4.02. The Morgan fingerprint density at radius 2 is 1.95 bits per heavy atom. The van der Waals surface area contributed by atoms with Crippen LogP contribution >= 0.6 is 0 Å². The van der Waals surface area contributed by atoms with Crippen LogP contribution in [0.3, 0.4) is 0 Å². The summed E-state index contributed by atoms with van der Waals surface area (Å²) < 4.78 is 0. The van der Waals surface area contributed by atoms with E-state index in [1.165, 1.54) is 0 Å². The van der Waals surface area contributed by atoms with Crippen molar-refractivity contribution in [3.8, 4) is 0 Å². The second-order valence-electron chi connectivity index (χ2n) is 5.85. The number of aromatic nitrogens is 1. The Hall–Kier alpha value is -2.11. The highest BCUT2D eigenvalue weighted by molar-refractivity contribution is 5.96. The molecule has 0 atom stereocenters. The van der Waals surface area contributed by atoms with Crippen molar-refractivity contribution in [2.45, 2.75) is 51.5 Å². The Kier molecular flexibility index (Phi) is 4.16. The molecule has 1 heterocycles. The molecule has 0 aromatic carbocycles. The lowest BCUT2D eigenvalue weighted by molar-refractivity contribution is -0.138. The van der Waals surface area contributed by atoms with Gasteiger partial charge in [0.25, 0.3) is 11.5 Å². The van der Waals surface area contributed by atoms with Gasteiger partial charge < -0.3 is 15.4 Å². The molecule has 1 fully saturated rings. The van der Waals surface area contributed by atoms with Crippen LogP contribution < -0.4 is 10.9 Å². The van der Waals surface area contributed by atoms with E-state index in [0.717, 1.165) is 12.8 Å². The Labute approximate surface area is 122 Å². The van der Waals surface area contributed by atoms with E-state index in [4.69, 9.17) is 5.11 Å². The van der Waals surface area contributed by atoms with Gasteiger partial charge in [-0.3, -0.25) is 14.4 Å². The number of rotatable bonds is 4. The summed E-state index contributed by atoms with van der Waals surface area (Å²) in [6.07, 6.45) is 2.93. The number of carbonyl (C=O) groups is 2. The number of aryl methyl sites for hydroxylation is 2. The number of hydrogen-bond donors (Lipinski definition) is 3. The molecule has 1 aliphatic rings. The molecule has 114 valence electrons. The fourth-order valence-corrected chi connectivity index (χ4v) is 3.13. The number of amides is 1. The minimum absolute atomic E-state index is 0.0669. The summed E-state index contributed by atoms with van der Waals surface area (Å²) in [6, 6.07) is 1.73. The van der Waals surface area contributed by atoms with E-state index in [2.05, 4.69) is 10.3 Å². The van der Waals surface area contributed by atoms with Crippen molar-refractivity contribution in [3.63, 3.8) is 0 Å². The highest BCUT2D eigenvalue weighted by Crippen LogP contribution is 2.32. The van der Waals surface area contributed by atoms with Crippen molar-refractivity contribution in [3.05, 3.63) is 33.2 Å². The van der Waals surface area contributed by atoms with Crippen molar-refractivity contribution in [2.75, 3.05) is 0 Å². The molecule has 0 radical (unpaired) electrons. The molecule has 0 saturated heterocycles. The molecule has 0 aliphatic heterocycles. The first kappa shape index (κ1) is 15.3. The van der Waals surface area contributed by atoms with Gasteiger partial charge in [0, 0.05) is 5.69 Å². The van der Waals surface area contributed by atoms with E-state index in [0.29, 0.717) is 24.1 Å². The molecule has 6 nitrogen and oxygen atoms in total. The highest BCUT2D eigenvalue weighted by atomic mass is 16.4. The Balaban J connectivity index is 2.28. The predicted molar refractivity (Wildman–Crippen MR) is 77.5 cm³/mol. The van der Waals surface area contributed by atoms with E-state index in [-0.39, 0.29) is 12.0 Å². The molecule has 0 unspecified atom stereocenters. The summed E-state index contributed by atoms with van der Waals surface area (Å²) in [7, 11) is 0. The summed E-state index contributed by atoms with van der Waals surface area (Å²) in [5.41, 5.74) is 0.185. The molecular weight excluding hydrogens is 272 g/mol. The molecule has 0 spiro atoms. The van der Waals surface area contributed by atoms with Gasteiger partial charge in [-0.1, -0.05) is 12.8 Å². The van der Waals surface area contributed by atoms with Crippen LogP contribution in [0.4, 0.5) is 0 Å². The average molecular weight is 292 g/mol. The fourth-order valence-electron chi connectivity index (χ4n) is 3.13. The predicted octanol–water partition coefficient (Wildman–Crippen LogP) is 1.51. The quantitative estimate of drug-likeness (QED) is 0.783. The van der Waals surface area contributed by atoms with Crippen molar-refractivity contribution in [2.24, 2.45) is 0 Å². The number of pyridine rings is 1. The Bertz CT molecular complexity index is 627. The van der Waals surface area contributed by atoms with Gasteiger partial charge in [0.2, 0.25) is 0 Å². The topological polar surface area (TPSA) is 99.3 Å². The number of nitrogens with one attached hydrogen (secondary N) is 2. The molecule has 0 bridgehead atoms. The molecule has 6 heteroatoms. The zero-order valence-corrected chi connectivity index (χ0v) is 12.3. The molecule has 1 aromatic heterocycles. The van der Waals surface area contributed by atoms with Crippen LogP contribution in [0.25, 0.3) is 0 Å². The molecule has 1 aromatic rings. The van der Waals surface area contributed by atoms with Crippen molar-refractivity contribution in [1.82, 2.24) is 10.3 Å². The van der Waals surface area contributed by atoms with Crippen molar-refractivity contribution < 1.29 is 14.7 Å². The van der Waals surface area contributed by atoms with Gasteiger partial charge in [0.15, 0.2) is 0 Å². The van der Waals surface area contributed by atoms with Crippen LogP contribution in [0.1, 0.15) is 53.7 Å². The van der Waals surface area contributed by atoms with Crippen LogP contribution in [-0.2, 0) is 4.79 Å². The summed E-state index contributed by atoms with van der Waals surface area (Å²) in [5, 5.41) is 11.9. The smallest absolute Gasteiger partial charge is 0.305 e. The molecule has 1 aliphatic carbocycles. The lowest BCUT2D eigenvalue weighted by atomic mass is 9.92. The standard InChI is InChI=1S/C15H20N2O4/c1-9-7-10(2)16-13(20)12(9)14(21)17-15(8-11(18)19)5-3-4-6-15/h7H,3-6,8H2,1-2H3,(H,16,20)(H,17,21)(H,18,19). The first-order valence-corrected chi connectivity index (χ1v) is 7.08. The van der Waals surface area contributed by atoms with Gasteiger partial charge in [-0.2, -0.15) is 0 Å². The normalized spacial score (nSPS) is 16.7. The minimum Gasteiger partial charge on any atom is -0.481 e. The van der Waals surface area contributed by atoms with Crippen molar-refractivity contribution in [1.29, 1.82) is 0 Å². The van der Waals surface area contributed by atoms with Crippen LogP contribution in [0.2, 0.25) is 0 Å². The zero-order chi connectivity index (χ0) is 15.6. The van der Waals surface area contributed by atoms with Crippen LogP contribution in [0, 0.1) is 13.8 Å². The molecule has 1 amide bonds. The summed E-state index contributed by atoms with van der Waals surface area (Å²) in [4.78, 5) is 38.0. The number of carbonyl (C=O) groups excluding carboxylic acids is 1. The maximum absolute atomic E-state index is 12.4. The first-order chi connectivity index (χ1) is 9.83. The number of carboxylic acids is 1. The Morgan fingerprint density at radius 1 is 1.33 bits per heavy atom. The van der Waals surface area contributed by atoms with E-state index >= 15 is 0 Å². The van der Waals surface area contributed by atoms with E-state index in [9.17, 15) is 14.4 Å². The SMILES string of the molecule is Cc1cc(C)c(C(=O)NC2(CC(=O)O)CCCC2)c(=O)[nH]1. The third kappa shape index (κ3) is 3.32. The highest BCUT2D eigenvalue weighted by Gasteiger charge is 2.38. The van der Waals surface area contributed by atoms with Gasteiger partial charge in [0.1, 0.15) is 5.56 Å². The van der Waals surface area contributed by atoms with E-state index in [1.54, 1.807) is 19.9 Å². The van der Waals surface area contributed by atoms with Crippen LogP contribution in [0.15, 0.2) is 10.9 Å². The van der Waals surface area contributed by atoms with Gasteiger partial charge in [-0.15, -0.1) is 0 Å². The second kappa shape index (κ2) is 5.71. The number of hydrogen-bond acceptors (Lipinski definition) is 3. The van der Waals surface area contributed by atoms with E-state index in [1.807, 2.05) is 0 Å². The van der Waals surface area contributed by atoms with Gasteiger partial charge >= 0.3 is 5.97 Å². The fraction of sp³-hybridized carbons (Fsp3) is 0.533. The maximum atomic E-state index is 12.4.